The standard InChI is InChI=1S/C12H18N6/c1-7-16-10(11-12(17-7)15-6-14-11)9-4-3-8(13)5-18(9)2/h6,8-9H,3-5,13H2,1-2H3,(H,14,15,16,17). The topological polar surface area (TPSA) is 83.7 Å². The number of hydrogen-bond donors (Lipinski definition) is 2. The van der Waals surface area contributed by atoms with Crippen LogP contribution in [0.5, 0.6) is 0 Å². The van der Waals surface area contributed by atoms with Crippen molar-refractivity contribution in [3.63, 3.8) is 0 Å². The van der Waals surface area contributed by atoms with Gasteiger partial charge in [-0.3, -0.25) is 4.90 Å². The van der Waals surface area contributed by atoms with Gasteiger partial charge in [0.1, 0.15) is 11.3 Å². The highest BCUT2D eigenvalue weighted by molar-refractivity contribution is 5.73. The molecule has 1 fully saturated rings. The van der Waals surface area contributed by atoms with Gasteiger partial charge in [-0.25, -0.2) is 15.0 Å². The van der Waals surface area contributed by atoms with E-state index in [9.17, 15) is 0 Å². The maximum Gasteiger partial charge on any atom is 0.181 e. The molecule has 1 saturated heterocycles. The predicted octanol–water partition coefficient (Wildman–Crippen LogP) is 0.755. The molecule has 0 radical (unpaired) electrons. The molecule has 2 atom stereocenters. The molecule has 0 saturated carbocycles. The van der Waals surface area contributed by atoms with Crippen molar-refractivity contribution in [1.82, 2.24) is 24.8 Å². The zero-order chi connectivity index (χ0) is 12.7. The Hall–Kier alpha value is -1.53. The quantitative estimate of drug-likeness (QED) is 0.776. The Bertz CT molecular complexity index is 563. The number of imidazole rings is 1. The number of nitrogens with zero attached hydrogens (tertiary/aromatic N) is 4. The molecule has 18 heavy (non-hydrogen) atoms. The smallest absolute Gasteiger partial charge is 0.181 e. The molecule has 96 valence electrons. The van der Waals surface area contributed by atoms with Crippen LogP contribution in [0.4, 0.5) is 0 Å². The predicted molar refractivity (Wildman–Crippen MR) is 69.0 cm³/mol. The normalized spacial score (nSPS) is 25.7. The van der Waals surface area contributed by atoms with E-state index >= 15 is 0 Å². The van der Waals surface area contributed by atoms with Crippen LogP contribution in [0.1, 0.15) is 30.4 Å². The lowest BCUT2D eigenvalue weighted by Crippen LogP contribution is -2.42. The summed E-state index contributed by atoms with van der Waals surface area (Å²) >= 11 is 0. The number of aromatic amines is 1. The van der Waals surface area contributed by atoms with Crippen LogP contribution in [0.2, 0.25) is 0 Å². The highest BCUT2D eigenvalue weighted by Crippen LogP contribution is 2.30. The van der Waals surface area contributed by atoms with Gasteiger partial charge in [0, 0.05) is 12.6 Å². The van der Waals surface area contributed by atoms with E-state index in [1.807, 2.05) is 6.92 Å². The van der Waals surface area contributed by atoms with E-state index in [-0.39, 0.29) is 6.04 Å². The first kappa shape index (κ1) is 11.6. The van der Waals surface area contributed by atoms with E-state index in [4.69, 9.17) is 5.73 Å². The summed E-state index contributed by atoms with van der Waals surface area (Å²) in [6.45, 7) is 2.82. The van der Waals surface area contributed by atoms with Gasteiger partial charge in [0.05, 0.1) is 18.1 Å². The Morgan fingerprint density at radius 1 is 1.39 bits per heavy atom. The van der Waals surface area contributed by atoms with Gasteiger partial charge >= 0.3 is 0 Å². The summed E-state index contributed by atoms with van der Waals surface area (Å²) in [7, 11) is 2.10. The summed E-state index contributed by atoms with van der Waals surface area (Å²) < 4.78 is 0. The molecule has 6 nitrogen and oxygen atoms in total. The first-order chi connectivity index (χ1) is 8.65. The molecule has 2 unspecified atom stereocenters. The summed E-state index contributed by atoms with van der Waals surface area (Å²) in [6.07, 6.45) is 3.74. The lowest BCUT2D eigenvalue weighted by molar-refractivity contribution is 0.167. The van der Waals surface area contributed by atoms with Gasteiger partial charge in [-0.2, -0.15) is 0 Å². The van der Waals surface area contributed by atoms with Crippen molar-refractivity contribution in [3.05, 3.63) is 17.8 Å². The molecule has 2 aromatic heterocycles. The van der Waals surface area contributed by atoms with Gasteiger partial charge in [-0.15, -0.1) is 0 Å². The molecule has 1 aliphatic rings. The first-order valence-electron chi connectivity index (χ1n) is 6.28. The lowest BCUT2D eigenvalue weighted by atomic mass is 9.96. The third-order valence-corrected chi connectivity index (χ3v) is 3.61. The molecular weight excluding hydrogens is 228 g/mol. The van der Waals surface area contributed by atoms with Gasteiger partial charge in [-0.05, 0) is 26.8 Å². The minimum atomic E-state index is 0.270. The molecule has 0 bridgehead atoms. The number of likely N-dealkylation sites (N-methyl/N-ethyl adjacent to an activating group) is 1. The maximum absolute atomic E-state index is 5.99. The Labute approximate surface area is 106 Å². The Morgan fingerprint density at radius 2 is 2.22 bits per heavy atom. The molecule has 0 aliphatic carbocycles. The molecular formula is C12H18N6. The summed E-state index contributed by atoms with van der Waals surface area (Å²) in [6, 6.07) is 0.570. The first-order valence-corrected chi connectivity index (χ1v) is 6.28. The Morgan fingerprint density at radius 3 is 3.00 bits per heavy atom. The average Bonchev–Trinajstić information content (AvgIpc) is 2.76. The van der Waals surface area contributed by atoms with Crippen molar-refractivity contribution < 1.29 is 0 Å². The van der Waals surface area contributed by atoms with Crippen LogP contribution in [-0.2, 0) is 0 Å². The fourth-order valence-corrected chi connectivity index (χ4v) is 2.74. The van der Waals surface area contributed by atoms with E-state index in [2.05, 4.69) is 31.9 Å². The number of piperidine rings is 1. The van der Waals surface area contributed by atoms with E-state index in [1.165, 1.54) is 0 Å². The number of hydrogen-bond acceptors (Lipinski definition) is 5. The fraction of sp³-hybridized carbons (Fsp3) is 0.583. The van der Waals surface area contributed by atoms with E-state index < -0.39 is 0 Å². The summed E-state index contributed by atoms with van der Waals surface area (Å²) in [4.78, 5) is 18.6. The summed E-state index contributed by atoms with van der Waals surface area (Å²) in [5.41, 5.74) is 8.74. The number of aryl methyl sites for hydroxylation is 1. The van der Waals surface area contributed by atoms with Crippen molar-refractivity contribution >= 4 is 11.2 Å². The van der Waals surface area contributed by atoms with E-state index in [0.717, 1.165) is 42.1 Å². The SMILES string of the molecule is Cc1nc(C2CCC(N)CN2C)c2[nH]cnc2n1. The van der Waals surface area contributed by atoms with Crippen molar-refractivity contribution in [2.75, 3.05) is 13.6 Å². The number of rotatable bonds is 1. The van der Waals surface area contributed by atoms with Crippen molar-refractivity contribution in [2.45, 2.75) is 31.8 Å². The van der Waals surface area contributed by atoms with Gasteiger partial charge in [0.2, 0.25) is 0 Å². The molecule has 0 spiro atoms. The second-order valence-electron chi connectivity index (χ2n) is 5.05. The number of likely N-dealkylation sites (tertiary alicyclic amines) is 1. The molecule has 2 aromatic rings. The molecule has 3 N–H and O–H groups in total. The van der Waals surface area contributed by atoms with Gasteiger partial charge in [0.25, 0.3) is 0 Å². The summed E-state index contributed by atoms with van der Waals surface area (Å²) in [5.74, 6) is 0.771. The monoisotopic (exact) mass is 246 g/mol. The zero-order valence-electron chi connectivity index (χ0n) is 10.7. The van der Waals surface area contributed by atoms with Crippen molar-refractivity contribution in [1.29, 1.82) is 0 Å². The number of nitrogens with two attached hydrogens (primary N) is 1. The number of H-pyrrole nitrogens is 1. The van der Waals surface area contributed by atoms with Crippen LogP contribution in [0.25, 0.3) is 11.2 Å². The fourth-order valence-electron chi connectivity index (χ4n) is 2.74. The minimum Gasteiger partial charge on any atom is -0.342 e. The van der Waals surface area contributed by atoms with Gasteiger partial charge in [-0.1, -0.05) is 0 Å². The van der Waals surface area contributed by atoms with E-state index in [1.54, 1.807) is 6.33 Å². The number of fused-ring (bicyclic) bond motifs is 1. The average molecular weight is 246 g/mol. The second kappa shape index (κ2) is 4.29. The lowest BCUT2D eigenvalue weighted by Gasteiger charge is -2.35. The minimum absolute atomic E-state index is 0.270. The van der Waals surface area contributed by atoms with Crippen LogP contribution < -0.4 is 5.73 Å². The largest absolute Gasteiger partial charge is 0.342 e. The molecule has 3 heterocycles. The molecule has 3 rings (SSSR count). The van der Waals surface area contributed by atoms with Crippen LogP contribution in [0.3, 0.4) is 0 Å². The molecule has 1 aliphatic heterocycles. The van der Waals surface area contributed by atoms with Crippen LogP contribution >= 0.6 is 0 Å². The highest BCUT2D eigenvalue weighted by Gasteiger charge is 2.28. The Kier molecular flexibility index (Phi) is 2.76. The molecule has 6 heteroatoms. The second-order valence-corrected chi connectivity index (χ2v) is 5.05. The number of aromatic nitrogens is 4. The van der Waals surface area contributed by atoms with E-state index in [0.29, 0.717) is 6.04 Å². The molecule has 0 aromatic carbocycles. The zero-order valence-corrected chi connectivity index (χ0v) is 10.7. The van der Waals surface area contributed by atoms with Crippen LogP contribution in [0, 0.1) is 6.92 Å². The Balaban J connectivity index is 2.05. The third-order valence-electron chi connectivity index (χ3n) is 3.61. The van der Waals surface area contributed by atoms with Gasteiger partial charge in [0.15, 0.2) is 5.65 Å². The van der Waals surface area contributed by atoms with Crippen molar-refractivity contribution in [2.24, 2.45) is 5.73 Å². The third kappa shape index (κ3) is 1.87. The van der Waals surface area contributed by atoms with Crippen LogP contribution in [-0.4, -0.2) is 44.5 Å². The highest BCUT2D eigenvalue weighted by atomic mass is 15.2. The summed E-state index contributed by atoms with van der Waals surface area (Å²) in [5, 5.41) is 0. The molecule has 0 amide bonds. The number of nitrogens with one attached hydrogen (secondary N) is 1. The van der Waals surface area contributed by atoms with Crippen LogP contribution in [0.15, 0.2) is 6.33 Å². The maximum atomic E-state index is 5.99. The van der Waals surface area contributed by atoms with Crippen molar-refractivity contribution in [3.8, 4) is 0 Å². The van der Waals surface area contributed by atoms with Gasteiger partial charge < -0.3 is 10.7 Å².